The summed E-state index contributed by atoms with van der Waals surface area (Å²) in [4.78, 5) is 28.9. The Labute approximate surface area is 236 Å². The van der Waals surface area contributed by atoms with E-state index < -0.39 is 11.4 Å². The number of carboxylic acid groups (broad SMARTS) is 1. The SMILES string of the molecule is CCC(CC)(CC(=O)Nc1cccc(/C=C/c2cccc(OCCCCc3cc(C)c(O)c(C)c3)n2)c1)C(=O)O. The van der Waals surface area contributed by atoms with Gasteiger partial charge in [-0.25, -0.2) is 4.98 Å². The number of ether oxygens (including phenoxy) is 1. The van der Waals surface area contributed by atoms with Gasteiger partial charge in [0.2, 0.25) is 11.8 Å². The maximum Gasteiger partial charge on any atom is 0.310 e. The van der Waals surface area contributed by atoms with Gasteiger partial charge in [-0.15, -0.1) is 0 Å². The molecule has 0 saturated carbocycles. The van der Waals surface area contributed by atoms with E-state index in [1.807, 2.05) is 74.5 Å². The Morgan fingerprint density at radius 1 is 0.975 bits per heavy atom. The van der Waals surface area contributed by atoms with Gasteiger partial charge in [0.1, 0.15) is 5.75 Å². The second-order valence-electron chi connectivity index (χ2n) is 10.3. The van der Waals surface area contributed by atoms with Crippen molar-refractivity contribution in [3.63, 3.8) is 0 Å². The Balaban J connectivity index is 1.51. The summed E-state index contributed by atoms with van der Waals surface area (Å²) in [7, 11) is 0. The van der Waals surface area contributed by atoms with Crippen LogP contribution in [0.1, 0.15) is 73.9 Å². The summed E-state index contributed by atoms with van der Waals surface area (Å²) in [6.45, 7) is 8.00. The Bertz CT molecular complexity index is 1320. The molecule has 0 atom stereocenters. The molecule has 0 saturated heterocycles. The molecular weight excluding hydrogens is 504 g/mol. The van der Waals surface area contributed by atoms with Crippen molar-refractivity contribution in [2.24, 2.45) is 5.41 Å². The number of pyridine rings is 1. The van der Waals surface area contributed by atoms with Crippen LogP contribution in [0.15, 0.2) is 54.6 Å². The summed E-state index contributed by atoms with van der Waals surface area (Å²) in [5.74, 6) is -0.322. The molecule has 1 heterocycles. The highest BCUT2D eigenvalue weighted by molar-refractivity contribution is 5.94. The van der Waals surface area contributed by atoms with Crippen molar-refractivity contribution in [1.29, 1.82) is 0 Å². The van der Waals surface area contributed by atoms with Crippen molar-refractivity contribution in [2.45, 2.75) is 66.2 Å². The summed E-state index contributed by atoms with van der Waals surface area (Å²) < 4.78 is 5.87. The predicted molar refractivity (Wildman–Crippen MR) is 160 cm³/mol. The zero-order chi connectivity index (χ0) is 29.1. The zero-order valence-electron chi connectivity index (χ0n) is 23.9. The number of nitrogens with one attached hydrogen (secondary N) is 1. The van der Waals surface area contributed by atoms with Crippen molar-refractivity contribution in [1.82, 2.24) is 4.98 Å². The van der Waals surface area contributed by atoms with Crippen LogP contribution in [0, 0.1) is 19.3 Å². The maximum atomic E-state index is 12.6. The molecule has 0 spiro atoms. The smallest absolute Gasteiger partial charge is 0.310 e. The number of aromatic nitrogens is 1. The van der Waals surface area contributed by atoms with Crippen LogP contribution >= 0.6 is 0 Å². The number of aliphatic carboxylic acids is 1. The summed E-state index contributed by atoms with van der Waals surface area (Å²) in [6, 6.07) is 17.1. The molecule has 0 aliphatic heterocycles. The van der Waals surface area contributed by atoms with Crippen LogP contribution in [0.25, 0.3) is 12.2 Å². The van der Waals surface area contributed by atoms with E-state index in [-0.39, 0.29) is 12.3 Å². The van der Waals surface area contributed by atoms with Crippen molar-refractivity contribution in [2.75, 3.05) is 11.9 Å². The molecule has 40 heavy (non-hydrogen) atoms. The summed E-state index contributed by atoms with van der Waals surface area (Å²) in [6.07, 6.45) is 7.30. The van der Waals surface area contributed by atoms with Crippen molar-refractivity contribution in [3.05, 3.63) is 82.5 Å². The lowest BCUT2D eigenvalue weighted by molar-refractivity contribution is -0.151. The van der Waals surface area contributed by atoms with E-state index in [9.17, 15) is 19.8 Å². The van der Waals surface area contributed by atoms with E-state index in [2.05, 4.69) is 10.3 Å². The Morgan fingerprint density at radius 3 is 2.35 bits per heavy atom. The molecule has 0 fully saturated rings. The molecular formula is C33H40N2O5. The molecule has 1 aromatic heterocycles. The number of carbonyl (C=O) groups excluding carboxylic acids is 1. The van der Waals surface area contributed by atoms with Gasteiger partial charge in [-0.3, -0.25) is 9.59 Å². The number of aromatic hydroxyl groups is 1. The molecule has 0 aliphatic carbocycles. The first kappa shape index (κ1) is 30.4. The quantitative estimate of drug-likeness (QED) is 0.185. The van der Waals surface area contributed by atoms with Crippen molar-refractivity contribution < 1.29 is 24.5 Å². The number of unbranched alkanes of at least 4 members (excludes halogenated alkanes) is 1. The molecule has 0 unspecified atom stereocenters. The van der Waals surface area contributed by atoms with Crippen LogP contribution in [0.3, 0.4) is 0 Å². The number of hydrogen-bond acceptors (Lipinski definition) is 5. The molecule has 7 heteroatoms. The molecule has 3 N–H and O–H groups in total. The van der Waals surface area contributed by atoms with E-state index in [4.69, 9.17) is 4.74 Å². The normalized spacial score (nSPS) is 11.5. The Morgan fingerprint density at radius 2 is 1.68 bits per heavy atom. The van der Waals surface area contributed by atoms with Crippen LogP contribution in [0.2, 0.25) is 0 Å². The molecule has 0 radical (unpaired) electrons. The number of benzene rings is 2. The largest absolute Gasteiger partial charge is 0.507 e. The Hall–Kier alpha value is -4.13. The van der Waals surface area contributed by atoms with Gasteiger partial charge in [0.15, 0.2) is 0 Å². The first-order valence-corrected chi connectivity index (χ1v) is 13.9. The van der Waals surface area contributed by atoms with Crippen LogP contribution < -0.4 is 10.1 Å². The third-order valence-corrected chi connectivity index (χ3v) is 7.33. The van der Waals surface area contributed by atoms with E-state index in [1.165, 1.54) is 5.56 Å². The third kappa shape index (κ3) is 8.43. The standard InChI is InChI=1S/C33H40N2O5/c1-5-33(6-2,32(38)39)22-29(36)34-28-14-9-12-25(21-28)16-17-27-13-10-15-30(35-27)40-18-8-7-11-26-19-23(3)31(37)24(4)20-26/h9-10,12-17,19-21,37H,5-8,11,18,22H2,1-4H3,(H,34,36)(H,38,39)/b17-16+. The van der Waals surface area contributed by atoms with Crippen molar-refractivity contribution >= 4 is 29.7 Å². The number of aryl methyl sites for hydroxylation is 3. The number of amides is 1. The average Bonchev–Trinajstić information content (AvgIpc) is 2.93. The van der Waals surface area contributed by atoms with E-state index >= 15 is 0 Å². The molecule has 0 bridgehead atoms. The van der Waals surface area contributed by atoms with Crippen LogP contribution in [-0.4, -0.2) is 33.7 Å². The van der Waals surface area contributed by atoms with Gasteiger partial charge in [0.05, 0.1) is 17.7 Å². The predicted octanol–water partition coefficient (Wildman–Crippen LogP) is 7.20. The molecule has 212 valence electrons. The lowest BCUT2D eigenvalue weighted by atomic mass is 9.79. The van der Waals surface area contributed by atoms with Gasteiger partial charge in [-0.05, 0) is 92.5 Å². The lowest BCUT2D eigenvalue weighted by Gasteiger charge is -2.25. The minimum atomic E-state index is -1.05. The van der Waals surface area contributed by atoms with E-state index in [0.717, 1.165) is 41.6 Å². The van der Waals surface area contributed by atoms with Gasteiger partial charge in [0.25, 0.3) is 0 Å². The number of hydrogen-bond donors (Lipinski definition) is 3. The van der Waals surface area contributed by atoms with Gasteiger partial charge >= 0.3 is 5.97 Å². The fraction of sp³-hybridized carbons (Fsp3) is 0.364. The second kappa shape index (κ2) is 14.3. The minimum absolute atomic E-state index is 0.0672. The van der Waals surface area contributed by atoms with E-state index in [1.54, 1.807) is 19.9 Å². The molecule has 2 aromatic carbocycles. The summed E-state index contributed by atoms with van der Waals surface area (Å²) in [5, 5.41) is 22.4. The molecule has 7 nitrogen and oxygen atoms in total. The molecule has 3 rings (SSSR count). The molecule has 3 aromatic rings. The number of rotatable bonds is 14. The van der Waals surface area contributed by atoms with Gasteiger partial charge in [-0.1, -0.05) is 50.3 Å². The highest BCUT2D eigenvalue weighted by atomic mass is 16.5. The number of carbonyl (C=O) groups is 2. The monoisotopic (exact) mass is 544 g/mol. The topological polar surface area (TPSA) is 109 Å². The average molecular weight is 545 g/mol. The Kier molecular flexibility index (Phi) is 10.9. The first-order valence-electron chi connectivity index (χ1n) is 13.9. The summed E-state index contributed by atoms with van der Waals surface area (Å²) in [5.41, 5.74) is 4.22. The second-order valence-corrected chi connectivity index (χ2v) is 10.3. The molecule has 1 amide bonds. The number of carboxylic acids is 1. The van der Waals surface area contributed by atoms with Crippen molar-refractivity contribution in [3.8, 4) is 11.6 Å². The third-order valence-electron chi connectivity index (χ3n) is 7.33. The highest BCUT2D eigenvalue weighted by Gasteiger charge is 2.37. The minimum Gasteiger partial charge on any atom is -0.507 e. The van der Waals surface area contributed by atoms with Gasteiger partial charge in [-0.2, -0.15) is 0 Å². The number of anilines is 1. The lowest BCUT2D eigenvalue weighted by Crippen LogP contribution is -2.34. The first-order chi connectivity index (χ1) is 19.2. The van der Waals surface area contributed by atoms with E-state index in [0.29, 0.717) is 36.8 Å². The van der Waals surface area contributed by atoms with Crippen LogP contribution in [-0.2, 0) is 16.0 Å². The summed E-state index contributed by atoms with van der Waals surface area (Å²) >= 11 is 0. The van der Waals surface area contributed by atoms with Crippen LogP contribution in [0.5, 0.6) is 11.6 Å². The molecule has 0 aliphatic rings. The number of phenols is 1. The highest BCUT2D eigenvalue weighted by Crippen LogP contribution is 2.31. The maximum absolute atomic E-state index is 12.6. The number of nitrogens with zero attached hydrogens (tertiary/aromatic N) is 1. The van der Waals surface area contributed by atoms with Gasteiger partial charge < -0.3 is 20.3 Å². The van der Waals surface area contributed by atoms with Gasteiger partial charge in [0, 0.05) is 18.2 Å². The fourth-order valence-electron chi connectivity index (χ4n) is 4.69. The fourth-order valence-corrected chi connectivity index (χ4v) is 4.69. The van der Waals surface area contributed by atoms with Crippen LogP contribution in [0.4, 0.5) is 5.69 Å². The zero-order valence-corrected chi connectivity index (χ0v) is 23.9. The number of phenolic OH excluding ortho intramolecular Hbond substituents is 1.